The zero-order valence-corrected chi connectivity index (χ0v) is 36.5. The molecule has 0 aliphatic carbocycles. The van der Waals surface area contributed by atoms with E-state index in [2.05, 4.69) is 69.5 Å². The number of nitrogens with zero attached hydrogens (tertiary/aromatic N) is 1. The Morgan fingerprint density at radius 1 is 0.927 bits per heavy atom. The molecule has 0 aliphatic heterocycles. The summed E-state index contributed by atoms with van der Waals surface area (Å²) in [7, 11) is 15.0. The Hall–Kier alpha value is 2.70. The SMILES string of the molecule is Cc1cc(C)c(S(=O)(=O)N(Cc2ccc(Br)cc2)Cc2ccc(C(F)F)o2)c(C)c1.PPP(P)P(P(P)P)P(P)P. The van der Waals surface area contributed by atoms with Gasteiger partial charge in [0.1, 0.15) is 5.76 Å². The van der Waals surface area contributed by atoms with Crippen LogP contribution >= 0.6 is 105 Å². The van der Waals surface area contributed by atoms with Crippen molar-refractivity contribution in [2.24, 2.45) is 0 Å². The molecule has 0 saturated heterocycles. The van der Waals surface area contributed by atoms with Crippen LogP contribution in [0.1, 0.15) is 40.2 Å². The summed E-state index contributed by atoms with van der Waals surface area (Å²) in [6, 6.07) is 13.5. The molecule has 2 aromatic carbocycles. The Bertz CT molecular complexity index is 1350. The van der Waals surface area contributed by atoms with E-state index in [1.54, 1.807) is 13.8 Å². The standard InChI is InChI=1S/C22H22BrF2NO3S.H13P11/c1-14-10-15(2)21(16(3)11-14)30(27,28)26(12-17-4-6-18(23)7-5-17)13-19-8-9-20(29-19)22(24)25;1-7-10(6)11(8(2)3)9(4)5/h4-11,22H,12-13H2,1-3H3;7H,1-6H2. The number of hydrogen-bond donors (Lipinski definition) is 0. The summed E-state index contributed by atoms with van der Waals surface area (Å²) in [5.41, 5.74) is 3.02. The molecule has 0 fully saturated rings. The summed E-state index contributed by atoms with van der Waals surface area (Å²) in [6.07, 6.45) is -2.75. The van der Waals surface area contributed by atoms with Crippen LogP contribution in [0.4, 0.5) is 8.78 Å². The van der Waals surface area contributed by atoms with E-state index in [-0.39, 0.29) is 51.7 Å². The quantitative estimate of drug-likeness (QED) is 0.181. The zero-order chi connectivity index (χ0) is 31.1. The maximum absolute atomic E-state index is 13.6. The Kier molecular flexibility index (Phi) is 18.4. The van der Waals surface area contributed by atoms with Crippen LogP contribution in [0, 0.1) is 20.8 Å². The van der Waals surface area contributed by atoms with Gasteiger partial charge in [-0.05, 0) is 89.7 Å². The van der Waals surface area contributed by atoms with Crippen molar-refractivity contribution in [3.63, 3.8) is 0 Å². The maximum Gasteiger partial charge on any atom is 0.295 e. The van der Waals surface area contributed by atoms with Crippen molar-refractivity contribution in [2.45, 2.75) is 45.2 Å². The van der Waals surface area contributed by atoms with Crippen LogP contribution in [0.5, 0.6) is 0 Å². The highest BCUT2D eigenvalue weighted by Gasteiger charge is 2.29. The van der Waals surface area contributed by atoms with Gasteiger partial charge in [-0.25, -0.2) is 17.2 Å². The van der Waals surface area contributed by atoms with E-state index in [0.29, 0.717) is 11.1 Å². The van der Waals surface area contributed by atoms with Gasteiger partial charge in [0.2, 0.25) is 10.0 Å². The number of alkyl halides is 2. The molecule has 3 rings (SSSR count). The molecule has 3 aromatic rings. The summed E-state index contributed by atoms with van der Waals surface area (Å²) >= 11 is 3.37. The summed E-state index contributed by atoms with van der Waals surface area (Å²) in [5, 5.41) is 0. The predicted octanol–water partition coefficient (Wildman–Crippen LogP) is 12.3. The van der Waals surface area contributed by atoms with Crippen molar-refractivity contribution in [3.8, 4) is 0 Å². The number of benzene rings is 2. The first-order valence-corrected chi connectivity index (χ1v) is 33.1. The number of furan rings is 1. The van der Waals surface area contributed by atoms with Crippen LogP contribution < -0.4 is 0 Å². The van der Waals surface area contributed by atoms with Gasteiger partial charge in [-0.15, -0.1) is 53.6 Å². The van der Waals surface area contributed by atoms with Gasteiger partial charge < -0.3 is 4.42 Å². The summed E-state index contributed by atoms with van der Waals surface area (Å²) in [5.74, 6) is -0.318. The van der Waals surface area contributed by atoms with Crippen LogP contribution in [-0.4, -0.2) is 12.7 Å². The third kappa shape index (κ3) is 12.3. The first kappa shape index (κ1) is 39.9. The molecule has 1 aromatic heterocycles. The van der Waals surface area contributed by atoms with E-state index in [1.165, 1.54) is 16.4 Å². The second kappa shape index (κ2) is 18.9. The fourth-order valence-electron chi connectivity index (χ4n) is 3.89. The van der Waals surface area contributed by atoms with Crippen LogP contribution in [0.25, 0.3) is 0 Å². The van der Waals surface area contributed by atoms with E-state index >= 15 is 0 Å². The molecule has 4 nitrogen and oxygen atoms in total. The first-order chi connectivity index (χ1) is 19.1. The monoisotopic (exact) mass is 851 g/mol. The van der Waals surface area contributed by atoms with Crippen molar-refractivity contribution >= 4 is 115 Å². The van der Waals surface area contributed by atoms with Crippen molar-refractivity contribution in [1.29, 1.82) is 0 Å². The maximum atomic E-state index is 13.6. The van der Waals surface area contributed by atoms with Crippen LogP contribution in [-0.2, 0) is 23.1 Å². The van der Waals surface area contributed by atoms with Gasteiger partial charge in [0.15, 0.2) is 5.76 Å². The van der Waals surface area contributed by atoms with Crippen molar-refractivity contribution in [1.82, 2.24) is 4.31 Å². The molecule has 41 heavy (non-hydrogen) atoms. The number of rotatable bonds is 11. The van der Waals surface area contributed by atoms with Crippen molar-refractivity contribution in [3.05, 3.63) is 86.8 Å². The molecule has 19 heteroatoms. The van der Waals surface area contributed by atoms with E-state index < -0.39 is 22.2 Å². The predicted molar refractivity (Wildman–Crippen MR) is 209 cm³/mol. The fourth-order valence-corrected chi connectivity index (χ4v) is 101. The zero-order valence-electron chi connectivity index (χ0n) is 22.6. The lowest BCUT2D eigenvalue weighted by molar-refractivity contribution is 0.119. The molecule has 0 saturated carbocycles. The molecule has 0 spiro atoms. The van der Waals surface area contributed by atoms with Gasteiger partial charge in [-0.3, -0.25) is 0 Å². The second-order valence-corrected chi connectivity index (χ2v) is 50.6. The van der Waals surface area contributed by atoms with Gasteiger partial charge in [0.25, 0.3) is 6.43 Å². The molecule has 0 bridgehead atoms. The minimum Gasteiger partial charge on any atom is -0.459 e. The Balaban J connectivity index is 0.000000454. The largest absolute Gasteiger partial charge is 0.459 e. The Morgan fingerprint density at radius 3 is 1.88 bits per heavy atom. The number of halogens is 3. The van der Waals surface area contributed by atoms with Gasteiger partial charge in [0.05, 0.1) is 11.4 Å². The molecule has 0 N–H and O–H groups in total. The molecule has 0 amide bonds. The molecular formula is C22H35BrF2NO3P11S. The van der Waals surface area contributed by atoms with Crippen molar-refractivity contribution in [2.75, 3.05) is 0 Å². The summed E-state index contributed by atoms with van der Waals surface area (Å²) < 4.78 is 60.4. The highest BCUT2D eigenvalue weighted by Crippen LogP contribution is 3.12. The highest BCUT2D eigenvalue weighted by atomic mass is 79.9. The molecule has 8 unspecified atom stereocenters. The van der Waals surface area contributed by atoms with Gasteiger partial charge in [-0.2, -0.15) is 4.31 Å². The van der Waals surface area contributed by atoms with E-state index in [4.69, 9.17) is 4.42 Å². The van der Waals surface area contributed by atoms with Crippen LogP contribution in [0.2, 0.25) is 0 Å². The van der Waals surface area contributed by atoms with Crippen LogP contribution in [0.3, 0.4) is 0 Å². The third-order valence-electron chi connectivity index (χ3n) is 5.44. The molecule has 228 valence electrons. The number of aryl methyl sites for hydroxylation is 3. The summed E-state index contributed by atoms with van der Waals surface area (Å²) in [4.78, 5) is 0.228. The first-order valence-electron chi connectivity index (χ1n) is 11.7. The normalized spacial score (nSPS) is 13.2. The lowest BCUT2D eigenvalue weighted by Gasteiger charge is -2.29. The van der Waals surface area contributed by atoms with E-state index in [1.807, 2.05) is 43.3 Å². The topological polar surface area (TPSA) is 50.5 Å². The second-order valence-electron chi connectivity index (χ2n) is 8.73. The average Bonchev–Trinajstić information content (AvgIpc) is 3.33. The number of hydrogen-bond acceptors (Lipinski definition) is 3. The smallest absolute Gasteiger partial charge is 0.295 e. The van der Waals surface area contributed by atoms with Gasteiger partial charge in [-0.1, -0.05) is 53.7 Å². The Labute approximate surface area is 271 Å². The minimum atomic E-state index is -3.92. The van der Waals surface area contributed by atoms with Gasteiger partial charge >= 0.3 is 0 Å². The van der Waals surface area contributed by atoms with Crippen LogP contribution in [0.15, 0.2) is 62.3 Å². The fraction of sp³-hybridized carbons (Fsp3) is 0.273. The van der Waals surface area contributed by atoms with E-state index in [9.17, 15) is 17.2 Å². The van der Waals surface area contributed by atoms with Crippen molar-refractivity contribution < 1.29 is 21.6 Å². The number of sulfonamides is 1. The molecular weight excluding hydrogens is 817 g/mol. The molecule has 1 heterocycles. The lowest BCUT2D eigenvalue weighted by Crippen LogP contribution is -2.31. The molecule has 8 atom stereocenters. The minimum absolute atomic E-state index is 0.0765. The highest BCUT2D eigenvalue weighted by molar-refractivity contribution is 9.18. The van der Waals surface area contributed by atoms with Gasteiger partial charge in [0, 0.05) is 11.0 Å². The average molecular weight is 852 g/mol. The third-order valence-corrected chi connectivity index (χ3v) is 67.1. The molecule has 0 radical (unpaired) electrons. The molecule has 0 aliphatic rings. The lowest BCUT2D eigenvalue weighted by atomic mass is 10.1. The Morgan fingerprint density at radius 2 is 1.46 bits per heavy atom. The van der Waals surface area contributed by atoms with E-state index in [0.717, 1.165) is 23.6 Å². The summed E-state index contributed by atoms with van der Waals surface area (Å²) in [6.45, 7) is 6.11.